The van der Waals surface area contributed by atoms with Crippen molar-refractivity contribution >= 4 is 6.03 Å². The van der Waals surface area contributed by atoms with Gasteiger partial charge in [0.05, 0.1) is 0 Å². The van der Waals surface area contributed by atoms with Crippen molar-refractivity contribution in [3.05, 3.63) is 0 Å². The molecule has 1 saturated heterocycles. The molecule has 0 spiro atoms. The summed E-state index contributed by atoms with van der Waals surface area (Å²) in [6.07, 6.45) is -2.27. The average Bonchev–Trinajstić information content (AvgIpc) is 2.14. The molecule has 0 bridgehead atoms. The van der Waals surface area contributed by atoms with Crippen molar-refractivity contribution in [2.75, 3.05) is 7.05 Å². The zero-order valence-electron chi connectivity index (χ0n) is 8.35. The van der Waals surface area contributed by atoms with Crippen LogP contribution in [0.3, 0.4) is 0 Å². The van der Waals surface area contributed by atoms with Gasteiger partial charge in [0, 0.05) is 12.6 Å². The summed E-state index contributed by atoms with van der Waals surface area (Å²) in [5, 5.41) is 18.9. The lowest BCUT2D eigenvalue weighted by Gasteiger charge is -2.33. The molecule has 0 aromatic rings. The Morgan fingerprint density at radius 1 is 1.23 bits per heavy atom. The summed E-state index contributed by atoms with van der Waals surface area (Å²) in [6.45, 7) is 5.42. The third kappa shape index (κ3) is 1.49. The molecule has 2 amide bonds. The van der Waals surface area contributed by atoms with E-state index >= 15 is 0 Å². The maximum atomic E-state index is 11.5. The second-order valence-corrected chi connectivity index (χ2v) is 4.26. The van der Waals surface area contributed by atoms with Crippen LogP contribution in [0.15, 0.2) is 0 Å². The monoisotopic (exact) mass is 188 g/mol. The molecule has 1 heterocycles. The molecular formula is C8H16N2O3. The minimum Gasteiger partial charge on any atom is -0.369 e. The van der Waals surface area contributed by atoms with Crippen LogP contribution in [-0.2, 0) is 0 Å². The van der Waals surface area contributed by atoms with Crippen molar-refractivity contribution in [2.24, 2.45) is 0 Å². The van der Waals surface area contributed by atoms with Crippen LogP contribution in [0.5, 0.6) is 0 Å². The predicted molar refractivity (Wildman–Crippen MR) is 46.8 cm³/mol. The van der Waals surface area contributed by atoms with Gasteiger partial charge in [0.15, 0.2) is 12.5 Å². The van der Waals surface area contributed by atoms with Crippen molar-refractivity contribution in [1.82, 2.24) is 9.80 Å². The van der Waals surface area contributed by atoms with Crippen molar-refractivity contribution in [3.63, 3.8) is 0 Å². The molecule has 5 heteroatoms. The van der Waals surface area contributed by atoms with Gasteiger partial charge < -0.3 is 10.2 Å². The highest BCUT2D eigenvalue weighted by atomic mass is 16.4. The number of nitrogens with zero attached hydrogens (tertiary/aromatic N) is 2. The van der Waals surface area contributed by atoms with E-state index < -0.39 is 18.0 Å². The lowest BCUT2D eigenvalue weighted by Crippen LogP contribution is -2.48. The molecule has 13 heavy (non-hydrogen) atoms. The third-order valence-electron chi connectivity index (χ3n) is 2.16. The topological polar surface area (TPSA) is 64.0 Å². The van der Waals surface area contributed by atoms with Gasteiger partial charge in [-0.1, -0.05) is 0 Å². The Morgan fingerprint density at radius 3 is 1.85 bits per heavy atom. The van der Waals surface area contributed by atoms with Crippen molar-refractivity contribution < 1.29 is 15.0 Å². The summed E-state index contributed by atoms with van der Waals surface area (Å²) in [5.74, 6) is 0. The number of urea groups is 1. The fourth-order valence-electron chi connectivity index (χ4n) is 1.41. The molecule has 1 aliphatic rings. The summed E-state index contributed by atoms with van der Waals surface area (Å²) < 4.78 is 0. The summed E-state index contributed by atoms with van der Waals surface area (Å²) >= 11 is 0. The van der Waals surface area contributed by atoms with E-state index in [2.05, 4.69) is 0 Å². The number of carbonyl (C=O) groups excluding carboxylic acids is 1. The normalized spacial score (nSPS) is 30.2. The number of hydrogen-bond acceptors (Lipinski definition) is 3. The smallest absolute Gasteiger partial charge is 0.324 e. The zero-order chi connectivity index (χ0) is 10.4. The molecule has 0 unspecified atom stereocenters. The Kier molecular flexibility index (Phi) is 2.25. The first-order valence-electron chi connectivity index (χ1n) is 4.19. The summed E-state index contributed by atoms with van der Waals surface area (Å²) in [4.78, 5) is 13.9. The number of amides is 2. The molecule has 0 saturated carbocycles. The molecule has 2 atom stereocenters. The molecule has 1 rings (SSSR count). The van der Waals surface area contributed by atoms with Gasteiger partial charge in [-0.15, -0.1) is 0 Å². The Morgan fingerprint density at radius 2 is 1.69 bits per heavy atom. The standard InChI is InChI=1S/C8H16N2O3/c1-8(2,3)10-6(12)5(11)9(4)7(10)13/h5-6,11-12H,1-4H3/t5-,6+/m0/s1. The molecular weight excluding hydrogens is 172 g/mol. The van der Waals surface area contributed by atoms with Gasteiger partial charge in [0.1, 0.15) is 0 Å². The molecule has 0 aromatic carbocycles. The number of likely N-dealkylation sites (N-methyl/N-ethyl adjacent to an activating group) is 1. The fourth-order valence-corrected chi connectivity index (χ4v) is 1.41. The summed E-state index contributed by atoms with van der Waals surface area (Å²) in [6, 6.07) is -0.354. The van der Waals surface area contributed by atoms with Crippen LogP contribution in [0.2, 0.25) is 0 Å². The van der Waals surface area contributed by atoms with Gasteiger partial charge in [-0.25, -0.2) is 4.79 Å². The van der Waals surface area contributed by atoms with E-state index in [0.29, 0.717) is 0 Å². The van der Waals surface area contributed by atoms with Gasteiger partial charge in [-0.2, -0.15) is 0 Å². The van der Waals surface area contributed by atoms with Crippen LogP contribution in [0.25, 0.3) is 0 Å². The first-order chi connectivity index (χ1) is 5.76. The Labute approximate surface area is 77.6 Å². The SMILES string of the molecule is CN1C(=O)N(C(C)(C)C)[C@H](O)[C@@H]1O. The molecule has 1 fully saturated rings. The fraction of sp³-hybridized carbons (Fsp3) is 0.875. The van der Waals surface area contributed by atoms with Crippen LogP contribution >= 0.6 is 0 Å². The molecule has 1 aliphatic heterocycles. The number of aliphatic hydroxyl groups is 2. The Hall–Kier alpha value is -0.810. The van der Waals surface area contributed by atoms with E-state index in [0.717, 1.165) is 4.90 Å². The van der Waals surface area contributed by atoms with E-state index in [-0.39, 0.29) is 6.03 Å². The maximum absolute atomic E-state index is 11.5. The maximum Gasteiger partial charge on any atom is 0.324 e. The molecule has 0 aromatic heterocycles. The first kappa shape index (κ1) is 10.3. The van der Waals surface area contributed by atoms with E-state index in [1.165, 1.54) is 11.9 Å². The van der Waals surface area contributed by atoms with E-state index in [1.54, 1.807) is 20.8 Å². The minimum atomic E-state index is -1.14. The predicted octanol–water partition coefficient (Wildman–Crippen LogP) is -0.211. The second kappa shape index (κ2) is 2.85. The van der Waals surface area contributed by atoms with Gasteiger partial charge in [-0.3, -0.25) is 9.80 Å². The van der Waals surface area contributed by atoms with Crippen LogP contribution < -0.4 is 0 Å². The molecule has 0 aliphatic carbocycles. The highest BCUT2D eigenvalue weighted by Gasteiger charge is 2.46. The summed E-state index contributed by atoms with van der Waals surface area (Å²) in [7, 11) is 1.46. The molecule has 76 valence electrons. The van der Waals surface area contributed by atoms with Crippen molar-refractivity contribution in [3.8, 4) is 0 Å². The van der Waals surface area contributed by atoms with E-state index in [4.69, 9.17) is 0 Å². The van der Waals surface area contributed by atoms with Crippen LogP contribution in [0.1, 0.15) is 20.8 Å². The quantitative estimate of drug-likeness (QED) is 0.553. The van der Waals surface area contributed by atoms with Gasteiger partial charge in [-0.05, 0) is 20.8 Å². The van der Waals surface area contributed by atoms with Gasteiger partial charge >= 0.3 is 6.03 Å². The largest absolute Gasteiger partial charge is 0.369 e. The van der Waals surface area contributed by atoms with E-state index in [9.17, 15) is 15.0 Å². The number of carbonyl (C=O) groups is 1. The Bertz CT molecular complexity index is 224. The lowest BCUT2D eigenvalue weighted by molar-refractivity contribution is -0.0804. The molecule has 0 radical (unpaired) electrons. The van der Waals surface area contributed by atoms with E-state index in [1.807, 2.05) is 0 Å². The number of aliphatic hydroxyl groups excluding tert-OH is 2. The highest BCUT2D eigenvalue weighted by Crippen LogP contribution is 2.26. The third-order valence-corrected chi connectivity index (χ3v) is 2.16. The number of hydrogen-bond donors (Lipinski definition) is 2. The first-order valence-corrected chi connectivity index (χ1v) is 4.19. The second-order valence-electron chi connectivity index (χ2n) is 4.26. The number of rotatable bonds is 0. The molecule has 2 N–H and O–H groups in total. The zero-order valence-corrected chi connectivity index (χ0v) is 8.35. The highest BCUT2D eigenvalue weighted by molar-refractivity contribution is 5.77. The van der Waals surface area contributed by atoms with Crippen molar-refractivity contribution in [1.29, 1.82) is 0 Å². The summed E-state index contributed by atoms with van der Waals surface area (Å²) in [5.41, 5.74) is -0.484. The van der Waals surface area contributed by atoms with Crippen LogP contribution in [0.4, 0.5) is 4.79 Å². The minimum absolute atomic E-state index is 0.354. The van der Waals surface area contributed by atoms with Gasteiger partial charge in [0.2, 0.25) is 0 Å². The Balaban J connectivity index is 2.95. The lowest BCUT2D eigenvalue weighted by atomic mass is 10.1. The average molecular weight is 188 g/mol. The van der Waals surface area contributed by atoms with Crippen LogP contribution in [-0.4, -0.2) is 51.1 Å². The van der Waals surface area contributed by atoms with Crippen molar-refractivity contribution in [2.45, 2.75) is 38.8 Å². The van der Waals surface area contributed by atoms with Gasteiger partial charge in [0.25, 0.3) is 0 Å². The van der Waals surface area contributed by atoms with Crippen LogP contribution in [0, 0.1) is 0 Å². The molecule has 5 nitrogen and oxygen atoms in total.